The van der Waals surface area contributed by atoms with Gasteiger partial charge in [0.1, 0.15) is 23.1 Å². The molecule has 7 N–H and O–H groups in total. The Kier molecular flexibility index (Phi) is 3.60. The van der Waals surface area contributed by atoms with Gasteiger partial charge in [-0.2, -0.15) is 15.4 Å². The van der Waals surface area contributed by atoms with Crippen molar-refractivity contribution in [2.24, 2.45) is 11.5 Å². The molecule has 0 saturated carbocycles. The van der Waals surface area contributed by atoms with Crippen molar-refractivity contribution in [3.05, 3.63) is 59.7 Å². The summed E-state index contributed by atoms with van der Waals surface area (Å²) in [6.45, 7) is 0. The molecule has 0 fully saturated rings. The largest absolute Gasteiger partial charge is 0.384 e. The summed E-state index contributed by atoms with van der Waals surface area (Å²) in [7, 11) is 0. The Morgan fingerprint density at radius 1 is 0.696 bits per heavy atom. The third-order valence-electron chi connectivity index (χ3n) is 3.49. The molecule has 0 radical (unpaired) electrons. The summed E-state index contributed by atoms with van der Waals surface area (Å²) in [6, 6.07) is 14.5. The van der Waals surface area contributed by atoms with Crippen molar-refractivity contribution in [1.29, 1.82) is 10.8 Å². The number of nitrogens with two attached hydrogens (primary N) is 2. The third kappa shape index (κ3) is 2.80. The van der Waals surface area contributed by atoms with Crippen LogP contribution >= 0.6 is 0 Å². The quantitative estimate of drug-likeness (QED) is 0.369. The van der Waals surface area contributed by atoms with Gasteiger partial charge >= 0.3 is 0 Å². The Balaban J connectivity index is 1.98. The molecule has 0 saturated heterocycles. The molecule has 0 aliphatic carbocycles. The number of hydrogen-bond acceptors (Lipinski definition) is 4. The lowest BCUT2D eigenvalue weighted by molar-refractivity contribution is 0.944. The van der Waals surface area contributed by atoms with Gasteiger partial charge in [-0.05, 0) is 0 Å². The monoisotopic (exact) mass is 305 g/mol. The lowest BCUT2D eigenvalue weighted by atomic mass is 10.0. The van der Waals surface area contributed by atoms with E-state index in [1.54, 1.807) is 24.3 Å². The standard InChI is InChI=1S/C16H15N7/c17-15(18)11-5-1-9(2-6-11)13-14(22-23-21-13)10-3-7-12(8-4-10)16(19)20/h1-8H,(H3,17,18)(H3,19,20)(H,21,22,23). The first-order chi connectivity index (χ1) is 11.1. The number of nitrogens with zero attached hydrogens (tertiary/aromatic N) is 2. The van der Waals surface area contributed by atoms with Gasteiger partial charge < -0.3 is 11.5 Å². The lowest BCUT2D eigenvalue weighted by Crippen LogP contribution is -2.10. The van der Waals surface area contributed by atoms with E-state index in [0.717, 1.165) is 11.1 Å². The molecule has 0 spiro atoms. The van der Waals surface area contributed by atoms with E-state index >= 15 is 0 Å². The van der Waals surface area contributed by atoms with E-state index in [1.165, 1.54) is 0 Å². The van der Waals surface area contributed by atoms with Crippen LogP contribution < -0.4 is 11.5 Å². The fourth-order valence-corrected chi connectivity index (χ4v) is 2.25. The van der Waals surface area contributed by atoms with Crippen LogP contribution in [0.5, 0.6) is 0 Å². The first kappa shape index (κ1) is 14.5. The van der Waals surface area contributed by atoms with Crippen molar-refractivity contribution in [3.8, 4) is 22.5 Å². The molecular weight excluding hydrogens is 290 g/mol. The predicted molar refractivity (Wildman–Crippen MR) is 89.3 cm³/mol. The zero-order valence-corrected chi connectivity index (χ0v) is 12.2. The molecule has 7 heteroatoms. The fourth-order valence-electron chi connectivity index (χ4n) is 2.25. The molecule has 0 unspecified atom stereocenters. The average molecular weight is 305 g/mol. The van der Waals surface area contributed by atoms with Crippen LogP contribution in [-0.2, 0) is 0 Å². The average Bonchev–Trinajstić information content (AvgIpc) is 3.04. The van der Waals surface area contributed by atoms with Gasteiger partial charge in [0.2, 0.25) is 0 Å². The molecule has 0 aliphatic heterocycles. The van der Waals surface area contributed by atoms with Gasteiger partial charge in [-0.15, -0.1) is 0 Å². The molecule has 23 heavy (non-hydrogen) atoms. The van der Waals surface area contributed by atoms with Gasteiger partial charge in [0.05, 0.1) is 0 Å². The van der Waals surface area contributed by atoms with Crippen LogP contribution in [0.2, 0.25) is 0 Å². The highest BCUT2D eigenvalue weighted by molar-refractivity contribution is 5.96. The Morgan fingerprint density at radius 3 is 1.35 bits per heavy atom. The maximum atomic E-state index is 7.43. The van der Waals surface area contributed by atoms with Crippen molar-refractivity contribution >= 4 is 11.7 Å². The maximum absolute atomic E-state index is 7.43. The second-order valence-electron chi connectivity index (χ2n) is 5.00. The van der Waals surface area contributed by atoms with Crippen LogP contribution in [0.25, 0.3) is 22.5 Å². The molecule has 114 valence electrons. The van der Waals surface area contributed by atoms with Crippen molar-refractivity contribution in [1.82, 2.24) is 15.4 Å². The zero-order chi connectivity index (χ0) is 16.4. The van der Waals surface area contributed by atoms with E-state index in [0.29, 0.717) is 22.5 Å². The molecule has 0 amide bonds. The normalized spacial score (nSPS) is 10.4. The molecule has 0 aliphatic rings. The molecule has 3 aromatic rings. The summed E-state index contributed by atoms with van der Waals surface area (Å²) >= 11 is 0. The SMILES string of the molecule is N=C(N)c1ccc(-c2n[nH]nc2-c2ccc(C(=N)N)cc2)cc1. The third-order valence-corrected chi connectivity index (χ3v) is 3.49. The fraction of sp³-hybridized carbons (Fsp3) is 0. The van der Waals surface area contributed by atoms with Crippen LogP contribution in [0.15, 0.2) is 48.5 Å². The summed E-state index contributed by atoms with van der Waals surface area (Å²) in [5.74, 6) is 0.0495. The molecule has 3 rings (SSSR count). The highest BCUT2D eigenvalue weighted by atomic mass is 15.3. The molecule has 0 bridgehead atoms. The van der Waals surface area contributed by atoms with E-state index in [4.69, 9.17) is 22.3 Å². The van der Waals surface area contributed by atoms with Crippen LogP contribution in [0.3, 0.4) is 0 Å². The van der Waals surface area contributed by atoms with E-state index in [-0.39, 0.29) is 11.7 Å². The maximum Gasteiger partial charge on any atom is 0.122 e. The second-order valence-corrected chi connectivity index (χ2v) is 5.00. The number of aromatic nitrogens is 3. The number of hydrogen-bond donors (Lipinski definition) is 5. The van der Waals surface area contributed by atoms with E-state index < -0.39 is 0 Å². The van der Waals surface area contributed by atoms with Crippen molar-refractivity contribution in [2.75, 3.05) is 0 Å². The van der Waals surface area contributed by atoms with E-state index in [1.807, 2.05) is 24.3 Å². The lowest BCUT2D eigenvalue weighted by Gasteiger charge is -2.04. The van der Waals surface area contributed by atoms with Gasteiger partial charge in [0.15, 0.2) is 0 Å². The number of nitrogen functional groups attached to an aromatic ring is 2. The minimum Gasteiger partial charge on any atom is -0.384 e. The van der Waals surface area contributed by atoms with E-state index in [9.17, 15) is 0 Å². The van der Waals surface area contributed by atoms with Crippen molar-refractivity contribution in [3.63, 3.8) is 0 Å². The van der Waals surface area contributed by atoms with Gasteiger partial charge in [0, 0.05) is 22.3 Å². The molecular formula is C16H15N7. The Hall–Kier alpha value is -3.48. The summed E-state index contributed by atoms with van der Waals surface area (Å²) in [4.78, 5) is 0. The van der Waals surface area contributed by atoms with Crippen molar-refractivity contribution < 1.29 is 0 Å². The number of benzene rings is 2. The first-order valence-electron chi connectivity index (χ1n) is 6.86. The predicted octanol–water partition coefficient (Wildman–Crippen LogP) is 1.71. The Morgan fingerprint density at radius 2 is 1.04 bits per heavy atom. The van der Waals surface area contributed by atoms with Gasteiger partial charge in [-0.3, -0.25) is 10.8 Å². The van der Waals surface area contributed by atoms with Gasteiger partial charge in [0.25, 0.3) is 0 Å². The summed E-state index contributed by atoms with van der Waals surface area (Å²) < 4.78 is 0. The number of rotatable bonds is 4. The first-order valence-corrected chi connectivity index (χ1v) is 6.86. The smallest absolute Gasteiger partial charge is 0.122 e. The zero-order valence-electron chi connectivity index (χ0n) is 12.2. The molecule has 7 nitrogen and oxygen atoms in total. The van der Waals surface area contributed by atoms with Crippen LogP contribution in [-0.4, -0.2) is 27.1 Å². The highest BCUT2D eigenvalue weighted by Crippen LogP contribution is 2.28. The van der Waals surface area contributed by atoms with Crippen LogP contribution in [0.4, 0.5) is 0 Å². The highest BCUT2D eigenvalue weighted by Gasteiger charge is 2.13. The molecule has 0 atom stereocenters. The van der Waals surface area contributed by atoms with Crippen LogP contribution in [0, 0.1) is 10.8 Å². The molecule has 2 aromatic carbocycles. The number of nitrogens with one attached hydrogen (secondary N) is 3. The second kappa shape index (κ2) is 5.72. The Bertz CT molecular complexity index is 788. The van der Waals surface area contributed by atoms with Crippen molar-refractivity contribution in [2.45, 2.75) is 0 Å². The number of amidine groups is 2. The summed E-state index contributed by atoms with van der Waals surface area (Å²) in [6.07, 6.45) is 0. The topological polar surface area (TPSA) is 141 Å². The van der Waals surface area contributed by atoms with Gasteiger partial charge in [-0.25, -0.2) is 0 Å². The van der Waals surface area contributed by atoms with Crippen LogP contribution in [0.1, 0.15) is 11.1 Å². The van der Waals surface area contributed by atoms with Gasteiger partial charge in [-0.1, -0.05) is 48.5 Å². The summed E-state index contributed by atoms with van der Waals surface area (Å²) in [5.41, 5.74) is 15.4. The minimum absolute atomic E-state index is 0.0248. The molecule has 1 heterocycles. The minimum atomic E-state index is 0.0248. The molecule has 1 aromatic heterocycles. The van der Waals surface area contributed by atoms with E-state index in [2.05, 4.69) is 15.4 Å². The number of aromatic amines is 1. The Labute approximate surface area is 132 Å². The number of H-pyrrole nitrogens is 1. The summed E-state index contributed by atoms with van der Waals surface area (Å²) in [5, 5.41) is 25.9.